The molecule has 0 aromatic carbocycles. The zero-order valence-corrected chi connectivity index (χ0v) is 11.1. The molecule has 0 saturated carbocycles. The highest BCUT2D eigenvalue weighted by Gasteiger charge is 2.09. The Morgan fingerprint density at radius 3 is 2.94 bits per heavy atom. The molecule has 1 heterocycles. The highest BCUT2D eigenvalue weighted by molar-refractivity contribution is 5.34. The van der Waals surface area contributed by atoms with E-state index in [0.29, 0.717) is 38.7 Å². The summed E-state index contributed by atoms with van der Waals surface area (Å²) in [7, 11) is 1.84. The van der Waals surface area contributed by atoms with Crippen molar-refractivity contribution < 1.29 is 4.74 Å². The first-order valence-corrected chi connectivity index (χ1v) is 6.25. The van der Waals surface area contributed by atoms with Gasteiger partial charge in [-0.05, 0) is 6.42 Å². The molecule has 0 atom stereocenters. The first-order chi connectivity index (χ1) is 8.70. The van der Waals surface area contributed by atoms with Gasteiger partial charge in [0.05, 0.1) is 13.2 Å². The van der Waals surface area contributed by atoms with Crippen LogP contribution in [0.5, 0.6) is 0 Å². The van der Waals surface area contributed by atoms with E-state index in [2.05, 4.69) is 4.98 Å². The van der Waals surface area contributed by atoms with Gasteiger partial charge in [0.15, 0.2) is 5.82 Å². The van der Waals surface area contributed by atoms with Crippen LogP contribution >= 0.6 is 0 Å². The summed E-state index contributed by atoms with van der Waals surface area (Å²) in [6.45, 7) is 4.96. The summed E-state index contributed by atoms with van der Waals surface area (Å²) < 4.78 is 6.97. The molecule has 2 N–H and O–H groups in total. The van der Waals surface area contributed by atoms with Crippen molar-refractivity contribution in [1.82, 2.24) is 9.55 Å². The molecule has 18 heavy (non-hydrogen) atoms. The average Bonchev–Trinajstić information content (AvgIpc) is 2.37. The van der Waals surface area contributed by atoms with Crippen molar-refractivity contribution in [2.24, 2.45) is 5.73 Å². The van der Waals surface area contributed by atoms with Crippen molar-refractivity contribution >= 4 is 5.82 Å². The molecule has 102 valence electrons. The molecule has 0 aliphatic carbocycles. The topological polar surface area (TPSA) is 73.4 Å². The number of ether oxygens (including phenoxy) is 1. The fraction of sp³-hybridized carbons (Fsp3) is 0.667. The number of likely N-dealkylation sites (N-methyl/N-ethyl adjacent to an activating group) is 1. The molecule has 0 radical (unpaired) electrons. The molecule has 0 aliphatic heterocycles. The number of hydrogen-bond donors (Lipinski definition) is 1. The molecule has 0 amide bonds. The zero-order chi connectivity index (χ0) is 13.4. The Morgan fingerprint density at radius 2 is 2.28 bits per heavy atom. The number of nitrogens with two attached hydrogens (primary N) is 1. The van der Waals surface area contributed by atoms with E-state index < -0.39 is 0 Å². The van der Waals surface area contributed by atoms with E-state index in [4.69, 9.17) is 10.5 Å². The molecule has 1 rings (SSSR count). The van der Waals surface area contributed by atoms with Crippen LogP contribution in [0.2, 0.25) is 0 Å². The van der Waals surface area contributed by atoms with Gasteiger partial charge in [-0.2, -0.15) is 0 Å². The van der Waals surface area contributed by atoms with E-state index in [0.717, 1.165) is 6.42 Å². The minimum absolute atomic E-state index is 0.0549. The molecule has 0 aliphatic rings. The molecule has 0 saturated heterocycles. The number of anilines is 1. The number of hydrogen-bond acceptors (Lipinski definition) is 5. The van der Waals surface area contributed by atoms with Gasteiger partial charge in [0.2, 0.25) is 0 Å². The second-order valence-corrected chi connectivity index (χ2v) is 4.07. The molecule has 0 spiro atoms. The summed E-state index contributed by atoms with van der Waals surface area (Å²) in [6, 6.07) is 0. The quantitative estimate of drug-likeness (QED) is 0.664. The third kappa shape index (κ3) is 4.12. The summed E-state index contributed by atoms with van der Waals surface area (Å²) in [4.78, 5) is 18.0. The summed E-state index contributed by atoms with van der Waals surface area (Å²) in [5.41, 5.74) is 5.27. The normalized spacial score (nSPS) is 10.6. The lowest BCUT2D eigenvalue weighted by Gasteiger charge is -2.18. The third-order valence-corrected chi connectivity index (χ3v) is 2.55. The van der Waals surface area contributed by atoms with E-state index in [1.165, 1.54) is 0 Å². The molecule has 1 aromatic rings. The average molecular weight is 254 g/mol. The standard InChI is InChI=1S/C12H22N4O2/c1-3-6-16-7-5-14-11(12(16)17)15(2)8-10-18-9-4-13/h5,7H,3-4,6,8-10,13H2,1-2H3. The second kappa shape index (κ2) is 7.84. The highest BCUT2D eigenvalue weighted by Crippen LogP contribution is 2.00. The van der Waals surface area contributed by atoms with Crippen LogP contribution in [0.4, 0.5) is 5.82 Å². The van der Waals surface area contributed by atoms with Crippen molar-refractivity contribution in [2.75, 3.05) is 38.3 Å². The second-order valence-electron chi connectivity index (χ2n) is 4.07. The molecular formula is C12H22N4O2. The van der Waals surface area contributed by atoms with Crippen LogP contribution in [0.1, 0.15) is 13.3 Å². The molecule has 0 fully saturated rings. The van der Waals surface area contributed by atoms with Crippen molar-refractivity contribution in [3.8, 4) is 0 Å². The zero-order valence-electron chi connectivity index (χ0n) is 11.1. The molecular weight excluding hydrogens is 232 g/mol. The fourth-order valence-corrected chi connectivity index (χ4v) is 1.61. The fourth-order valence-electron chi connectivity index (χ4n) is 1.61. The highest BCUT2D eigenvalue weighted by atomic mass is 16.5. The Bertz CT molecular complexity index is 405. The molecule has 1 aromatic heterocycles. The van der Waals surface area contributed by atoms with Crippen LogP contribution in [0, 0.1) is 0 Å². The van der Waals surface area contributed by atoms with Gasteiger partial charge >= 0.3 is 0 Å². The van der Waals surface area contributed by atoms with Crippen molar-refractivity contribution in [3.63, 3.8) is 0 Å². The van der Waals surface area contributed by atoms with Gasteiger partial charge in [0.25, 0.3) is 5.56 Å². The summed E-state index contributed by atoms with van der Waals surface area (Å²) in [5.74, 6) is 0.460. The lowest BCUT2D eigenvalue weighted by Crippen LogP contribution is -2.33. The van der Waals surface area contributed by atoms with Crippen molar-refractivity contribution in [1.29, 1.82) is 0 Å². The Labute approximate surface area is 107 Å². The van der Waals surface area contributed by atoms with Crippen LogP contribution in [-0.4, -0.2) is 42.9 Å². The maximum atomic E-state index is 12.1. The first kappa shape index (κ1) is 14.7. The van der Waals surface area contributed by atoms with Crippen molar-refractivity contribution in [2.45, 2.75) is 19.9 Å². The van der Waals surface area contributed by atoms with E-state index in [-0.39, 0.29) is 5.56 Å². The molecule has 0 unspecified atom stereocenters. The summed E-state index contributed by atoms with van der Waals surface area (Å²) in [6.07, 6.45) is 4.30. The number of aromatic nitrogens is 2. The number of aryl methyl sites for hydroxylation is 1. The third-order valence-electron chi connectivity index (χ3n) is 2.55. The summed E-state index contributed by atoms with van der Waals surface area (Å²) >= 11 is 0. The lowest BCUT2D eigenvalue weighted by molar-refractivity contribution is 0.148. The Hall–Kier alpha value is -1.40. The maximum absolute atomic E-state index is 12.1. The van der Waals surface area contributed by atoms with Crippen LogP contribution in [0.15, 0.2) is 17.2 Å². The van der Waals surface area contributed by atoms with Crippen LogP contribution in [0.25, 0.3) is 0 Å². The largest absolute Gasteiger partial charge is 0.378 e. The molecule has 0 bridgehead atoms. The number of nitrogens with zero attached hydrogens (tertiary/aromatic N) is 3. The first-order valence-electron chi connectivity index (χ1n) is 6.25. The Kier molecular flexibility index (Phi) is 6.38. The minimum atomic E-state index is -0.0549. The maximum Gasteiger partial charge on any atom is 0.293 e. The van der Waals surface area contributed by atoms with Gasteiger partial charge in [-0.3, -0.25) is 4.79 Å². The van der Waals surface area contributed by atoms with Crippen molar-refractivity contribution in [3.05, 3.63) is 22.7 Å². The predicted octanol–water partition coefficient (Wildman–Crippen LogP) is 0.0648. The van der Waals surface area contributed by atoms with E-state index in [1.54, 1.807) is 17.0 Å². The number of rotatable bonds is 8. The van der Waals surface area contributed by atoms with Crippen LogP contribution < -0.4 is 16.2 Å². The molecule has 6 nitrogen and oxygen atoms in total. The van der Waals surface area contributed by atoms with Gasteiger partial charge in [0, 0.05) is 39.1 Å². The Morgan fingerprint density at radius 1 is 1.50 bits per heavy atom. The lowest BCUT2D eigenvalue weighted by atomic mass is 10.4. The Balaban J connectivity index is 2.64. The van der Waals surface area contributed by atoms with Gasteiger partial charge in [-0.1, -0.05) is 6.92 Å². The monoisotopic (exact) mass is 254 g/mol. The van der Waals surface area contributed by atoms with Crippen LogP contribution in [-0.2, 0) is 11.3 Å². The SMILES string of the molecule is CCCn1ccnc(N(C)CCOCCN)c1=O. The van der Waals surface area contributed by atoms with Gasteiger partial charge in [-0.15, -0.1) is 0 Å². The predicted molar refractivity (Wildman–Crippen MR) is 71.9 cm³/mol. The van der Waals surface area contributed by atoms with E-state index >= 15 is 0 Å². The van der Waals surface area contributed by atoms with Gasteiger partial charge in [-0.25, -0.2) is 4.98 Å². The van der Waals surface area contributed by atoms with E-state index in [9.17, 15) is 4.79 Å². The molecule has 6 heteroatoms. The summed E-state index contributed by atoms with van der Waals surface area (Å²) in [5, 5.41) is 0. The van der Waals surface area contributed by atoms with Gasteiger partial charge < -0.3 is 19.9 Å². The van der Waals surface area contributed by atoms with Gasteiger partial charge in [0.1, 0.15) is 0 Å². The smallest absolute Gasteiger partial charge is 0.293 e. The van der Waals surface area contributed by atoms with E-state index in [1.807, 2.05) is 18.9 Å². The van der Waals surface area contributed by atoms with Crippen LogP contribution in [0.3, 0.4) is 0 Å². The minimum Gasteiger partial charge on any atom is -0.378 e.